The highest BCUT2D eigenvalue weighted by Gasteiger charge is 2.21. The molecule has 0 bridgehead atoms. The number of hydrogen-bond donors (Lipinski definition) is 3. The van der Waals surface area contributed by atoms with Gasteiger partial charge in [0.25, 0.3) is 11.5 Å². The van der Waals surface area contributed by atoms with E-state index in [0.717, 1.165) is 0 Å². The van der Waals surface area contributed by atoms with Crippen molar-refractivity contribution in [3.63, 3.8) is 0 Å². The van der Waals surface area contributed by atoms with E-state index in [2.05, 4.69) is 15.5 Å². The largest absolute Gasteiger partial charge is 0.396 e. The van der Waals surface area contributed by atoms with Crippen molar-refractivity contribution in [3.05, 3.63) is 27.2 Å². The summed E-state index contributed by atoms with van der Waals surface area (Å²) in [5.74, 6) is -0.407. The molecule has 0 aliphatic heterocycles. The second-order valence-electron chi connectivity index (χ2n) is 5.46. The fourth-order valence-electron chi connectivity index (χ4n) is 1.70. The number of aryl methyl sites for hydroxylation is 1. The van der Waals surface area contributed by atoms with Crippen LogP contribution >= 0.6 is 0 Å². The number of aliphatic hydroxyl groups excluding tert-OH is 1. The van der Waals surface area contributed by atoms with Gasteiger partial charge in [-0.2, -0.15) is 5.10 Å². The number of hydrogen-bond acceptors (Lipinski definition) is 4. The Bertz CT molecular complexity index is 520. The topological polar surface area (TPSA) is 95.1 Å². The van der Waals surface area contributed by atoms with E-state index in [9.17, 15) is 9.59 Å². The van der Waals surface area contributed by atoms with Crippen LogP contribution in [-0.2, 0) is 0 Å². The van der Waals surface area contributed by atoms with Crippen LogP contribution in [0.5, 0.6) is 0 Å². The summed E-state index contributed by atoms with van der Waals surface area (Å²) in [5, 5.41) is 17.8. The van der Waals surface area contributed by atoms with Crippen molar-refractivity contribution in [1.29, 1.82) is 0 Å². The van der Waals surface area contributed by atoms with Gasteiger partial charge in [-0.25, -0.2) is 5.10 Å². The predicted molar refractivity (Wildman–Crippen MR) is 72.1 cm³/mol. The lowest BCUT2D eigenvalue weighted by atomic mass is 9.89. The Morgan fingerprint density at radius 1 is 1.42 bits per heavy atom. The molecule has 19 heavy (non-hydrogen) atoms. The average Bonchev–Trinajstić information content (AvgIpc) is 2.32. The second-order valence-corrected chi connectivity index (χ2v) is 5.46. The first-order valence-corrected chi connectivity index (χ1v) is 6.23. The van der Waals surface area contributed by atoms with Crippen molar-refractivity contribution < 1.29 is 9.90 Å². The van der Waals surface area contributed by atoms with Crippen LogP contribution in [0.3, 0.4) is 0 Å². The van der Waals surface area contributed by atoms with Gasteiger partial charge in [0.05, 0.1) is 5.69 Å². The Hall–Kier alpha value is -1.69. The Morgan fingerprint density at radius 2 is 2.05 bits per heavy atom. The monoisotopic (exact) mass is 267 g/mol. The molecule has 1 rings (SSSR count). The normalized spacial score (nSPS) is 11.4. The lowest BCUT2D eigenvalue weighted by Crippen LogP contribution is -2.38. The zero-order valence-corrected chi connectivity index (χ0v) is 11.8. The minimum atomic E-state index is -0.486. The number of nitrogens with zero attached hydrogens (tertiary/aromatic N) is 1. The van der Waals surface area contributed by atoms with Crippen molar-refractivity contribution in [2.45, 2.75) is 34.1 Å². The fourth-order valence-corrected chi connectivity index (χ4v) is 1.70. The van der Waals surface area contributed by atoms with Crippen LogP contribution < -0.4 is 10.9 Å². The predicted octanol–water partition coefficient (Wildman–Crippen LogP) is 0.525. The summed E-state index contributed by atoms with van der Waals surface area (Å²) in [6.07, 6.45) is 0.581. The molecule has 6 heteroatoms. The maximum Gasteiger partial charge on any atom is 0.277 e. The molecule has 0 atom stereocenters. The van der Waals surface area contributed by atoms with Gasteiger partial charge in [-0.05, 0) is 31.2 Å². The Labute approximate surface area is 112 Å². The molecule has 0 aromatic carbocycles. The Morgan fingerprint density at radius 3 is 2.63 bits per heavy atom. The zero-order valence-electron chi connectivity index (χ0n) is 11.8. The number of amides is 1. The molecule has 0 saturated heterocycles. The standard InChI is InChI=1S/C13H21N3O3/c1-8-9(2)15-16-12(19)10(8)11(18)14-7-13(3,4)5-6-17/h17H,5-7H2,1-4H3,(H,14,18)(H,16,19). The highest BCUT2D eigenvalue weighted by atomic mass is 16.3. The van der Waals surface area contributed by atoms with E-state index in [1.54, 1.807) is 13.8 Å². The molecule has 0 unspecified atom stereocenters. The van der Waals surface area contributed by atoms with Crippen molar-refractivity contribution in [2.24, 2.45) is 5.41 Å². The van der Waals surface area contributed by atoms with Crippen LogP contribution in [0.15, 0.2) is 4.79 Å². The first kappa shape index (κ1) is 15.4. The van der Waals surface area contributed by atoms with Gasteiger partial charge in [-0.1, -0.05) is 13.8 Å². The molecule has 0 spiro atoms. The smallest absolute Gasteiger partial charge is 0.277 e. The third-order valence-corrected chi connectivity index (χ3v) is 3.21. The van der Waals surface area contributed by atoms with Crippen molar-refractivity contribution in [3.8, 4) is 0 Å². The quantitative estimate of drug-likeness (QED) is 0.725. The van der Waals surface area contributed by atoms with Crippen LogP contribution in [0, 0.1) is 19.3 Å². The number of H-pyrrole nitrogens is 1. The number of nitrogens with one attached hydrogen (secondary N) is 2. The van der Waals surface area contributed by atoms with Crippen LogP contribution in [0.1, 0.15) is 41.9 Å². The van der Waals surface area contributed by atoms with Crippen molar-refractivity contribution in [1.82, 2.24) is 15.5 Å². The van der Waals surface area contributed by atoms with Gasteiger partial charge in [0.2, 0.25) is 0 Å². The Kier molecular flexibility index (Phi) is 4.83. The summed E-state index contributed by atoms with van der Waals surface area (Å²) in [5.41, 5.74) is 0.612. The highest BCUT2D eigenvalue weighted by molar-refractivity contribution is 5.95. The summed E-state index contributed by atoms with van der Waals surface area (Å²) in [6, 6.07) is 0. The van der Waals surface area contributed by atoms with Crippen LogP contribution in [0.25, 0.3) is 0 Å². The molecule has 0 fully saturated rings. The fraction of sp³-hybridized carbons (Fsp3) is 0.615. The van der Waals surface area contributed by atoms with Gasteiger partial charge in [-0.3, -0.25) is 9.59 Å². The molecule has 0 radical (unpaired) electrons. The minimum Gasteiger partial charge on any atom is -0.396 e. The average molecular weight is 267 g/mol. The van der Waals surface area contributed by atoms with Crippen LogP contribution in [-0.4, -0.2) is 34.4 Å². The van der Waals surface area contributed by atoms with E-state index >= 15 is 0 Å². The number of carbonyl (C=O) groups excluding carboxylic acids is 1. The third kappa shape index (κ3) is 3.89. The highest BCUT2D eigenvalue weighted by Crippen LogP contribution is 2.18. The van der Waals surface area contributed by atoms with Gasteiger partial charge >= 0.3 is 0 Å². The number of carbonyl (C=O) groups is 1. The summed E-state index contributed by atoms with van der Waals surface area (Å²) in [7, 11) is 0. The number of aromatic nitrogens is 2. The lowest BCUT2D eigenvalue weighted by molar-refractivity contribution is 0.0925. The number of aliphatic hydroxyl groups is 1. The van der Waals surface area contributed by atoms with E-state index in [-0.39, 0.29) is 17.6 Å². The van der Waals surface area contributed by atoms with Gasteiger partial charge < -0.3 is 10.4 Å². The molecule has 106 valence electrons. The lowest BCUT2D eigenvalue weighted by Gasteiger charge is -2.23. The molecule has 1 aromatic rings. The molecule has 0 aliphatic rings. The molecule has 1 amide bonds. The molecular weight excluding hydrogens is 246 g/mol. The molecule has 0 aliphatic carbocycles. The van der Waals surface area contributed by atoms with Crippen molar-refractivity contribution in [2.75, 3.05) is 13.2 Å². The first-order chi connectivity index (χ1) is 8.78. The van der Waals surface area contributed by atoms with E-state index in [4.69, 9.17) is 5.11 Å². The van der Waals surface area contributed by atoms with Crippen LogP contribution in [0.2, 0.25) is 0 Å². The minimum absolute atomic E-state index is 0.0663. The molecular formula is C13H21N3O3. The van der Waals surface area contributed by atoms with E-state index < -0.39 is 11.5 Å². The summed E-state index contributed by atoms with van der Waals surface area (Å²) >= 11 is 0. The van der Waals surface area contributed by atoms with E-state index in [1.165, 1.54) is 0 Å². The molecule has 0 saturated carbocycles. The van der Waals surface area contributed by atoms with E-state index in [1.807, 2.05) is 13.8 Å². The van der Waals surface area contributed by atoms with Gasteiger partial charge in [0.1, 0.15) is 5.56 Å². The van der Waals surface area contributed by atoms with Crippen molar-refractivity contribution >= 4 is 5.91 Å². The van der Waals surface area contributed by atoms with Gasteiger partial charge in [0.15, 0.2) is 0 Å². The molecule has 1 aromatic heterocycles. The molecule has 3 N–H and O–H groups in total. The van der Waals surface area contributed by atoms with Gasteiger partial charge in [0, 0.05) is 13.2 Å². The first-order valence-electron chi connectivity index (χ1n) is 6.23. The third-order valence-electron chi connectivity index (χ3n) is 3.21. The SMILES string of the molecule is Cc1n[nH]c(=O)c(C(=O)NCC(C)(C)CCO)c1C. The molecule has 6 nitrogen and oxygen atoms in total. The number of rotatable bonds is 5. The summed E-state index contributed by atoms with van der Waals surface area (Å²) < 4.78 is 0. The second kappa shape index (κ2) is 5.97. The molecule has 1 heterocycles. The van der Waals surface area contributed by atoms with Gasteiger partial charge in [-0.15, -0.1) is 0 Å². The maximum atomic E-state index is 12.1. The maximum absolute atomic E-state index is 12.1. The summed E-state index contributed by atoms with van der Waals surface area (Å²) in [6.45, 7) is 7.78. The zero-order chi connectivity index (χ0) is 14.6. The van der Waals surface area contributed by atoms with Crippen LogP contribution in [0.4, 0.5) is 0 Å². The van der Waals surface area contributed by atoms with E-state index in [0.29, 0.717) is 24.2 Å². The Balaban J connectivity index is 2.86. The number of aromatic amines is 1. The summed E-state index contributed by atoms with van der Waals surface area (Å²) in [4.78, 5) is 23.7.